The number of nitrogens with zero attached hydrogens (tertiary/aromatic N) is 3. The molecule has 6 heteroatoms. The van der Waals surface area contributed by atoms with E-state index in [-0.39, 0.29) is 0 Å². The summed E-state index contributed by atoms with van der Waals surface area (Å²) in [6, 6.07) is 0.616. The fourth-order valence-electron chi connectivity index (χ4n) is 3.61. The SMILES string of the molecule is CCCCS(=O)(=O)N1CCC(CN2CCN(C)CC2C)CC1. The third-order valence-corrected chi connectivity index (χ3v) is 7.14. The molecule has 0 aromatic heterocycles. The predicted molar refractivity (Wildman–Crippen MR) is 91.5 cm³/mol. The number of unbranched alkanes of at least 4 members (excludes halogenated alkanes) is 1. The highest BCUT2D eigenvalue weighted by Crippen LogP contribution is 2.23. The molecule has 2 rings (SSSR count). The summed E-state index contributed by atoms with van der Waals surface area (Å²) in [6.07, 6.45) is 3.76. The number of sulfonamides is 1. The number of rotatable bonds is 6. The second kappa shape index (κ2) is 8.08. The van der Waals surface area contributed by atoms with Gasteiger partial charge in [-0.3, -0.25) is 4.90 Å². The molecule has 0 aromatic carbocycles. The summed E-state index contributed by atoms with van der Waals surface area (Å²) >= 11 is 0. The van der Waals surface area contributed by atoms with Crippen LogP contribution in [0.15, 0.2) is 0 Å². The summed E-state index contributed by atoms with van der Waals surface area (Å²) in [5, 5.41) is 0. The Morgan fingerprint density at radius 1 is 1.09 bits per heavy atom. The van der Waals surface area contributed by atoms with Crippen molar-refractivity contribution >= 4 is 10.0 Å². The van der Waals surface area contributed by atoms with Crippen LogP contribution >= 0.6 is 0 Å². The molecule has 2 heterocycles. The van der Waals surface area contributed by atoms with Crippen molar-refractivity contribution in [3.05, 3.63) is 0 Å². The molecule has 0 spiro atoms. The van der Waals surface area contributed by atoms with Crippen LogP contribution in [-0.2, 0) is 10.0 Å². The van der Waals surface area contributed by atoms with Crippen molar-refractivity contribution in [2.75, 3.05) is 52.1 Å². The van der Waals surface area contributed by atoms with Gasteiger partial charge in [0.15, 0.2) is 0 Å². The Bertz CT molecular complexity index is 433. The lowest BCUT2D eigenvalue weighted by Gasteiger charge is -2.41. The average molecular weight is 332 g/mol. The van der Waals surface area contributed by atoms with Gasteiger partial charge in [-0.25, -0.2) is 12.7 Å². The summed E-state index contributed by atoms with van der Waals surface area (Å²) in [5.41, 5.74) is 0. The third kappa shape index (κ3) is 4.91. The quantitative estimate of drug-likeness (QED) is 0.739. The Morgan fingerprint density at radius 2 is 1.77 bits per heavy atom. The molecule has 0 saturated carbocycles. The number of hydrogen-bond donors (Lipinski definition) is 0. The van der Waals surface area contributed by atoms with Gasteiger partial charge in [0.25, 0.3) is 0 Å². The van der Waals surface area contributed by atoms with Crippen LogP contribution in [0.3, 0.4) is 0 Å². The highest BCUT2D eigenvalue weighted by atomic mass is 32.2. The average Bonchev–Trinajstić information content (AvgIpc) is 2.49. The van der Waals surface area contributed by atoms with E-state index in [9.17, 15) is 8.42 Å². The molecule has 5 nitrogen and oxygen atoms in total. The summed E-state index contributed by atoms with van der Waals surface area (Å²) < 4.78 is 26.2. The van der Waals surface area contributed by atoms with Crippen molar-refractivity contribution in [3.63, 3.8) is 0 Å². The maximum atomic E-state index is 12.2. The molecule has 2 aliphatic heterocycles. The van der Waals surface area contributed by atoms with Gasteiger partial charge in [-0.05, 0) is 39.2 Å². The molecule has 0 aromatic rings. The minimum absolute atomic E-state index is 0.323. The molecule has 2 fully saturated rings. The van der Waals surface area contributed by atoms with Gasteiger partial charge in [-0.15, -0.1) is 0 Å². The fourth-order valence-corrected chi connectivity index (χ4v) is 5.28. The van der Waals surface area contributed by atoms with Gasteiger partial charge in [-0.1, -0.05) is 13.3 Å². The van der Waals surface area contributed by atoms with Crippen molar-refractivity contribution in [2.24, 2.45) is 5.92 Å². The first kappa shape index (κ1) is 18.2. The second-order valence-corrected chi connectivity index (χ2v) is 9.21. The van der Waals surface area contributed by atoms with Crippen LogP contribution < -0.4 is 0 Å². The standard InChI is InChI=1S/C16H33N3O2S/c1-4-5-12-22(20,21)19-8-6-16(7-9-19)14-18-11-10-17(3)13-15(18)2/h15-16H,4-14H2,1-3H3. The van der Waals surface area contributed by atoms with Gasteiger partial charge < -0.3 is 4.90 Å². The minimum Gasteiger partial charge on any atom is -0.304 e. The van der Waals surface area contributed by atoms with Gasteiger partial charge >= 0.3 is 0 Å². The van der Waals surface area contributed by atoms with Gasteiger partial charge in [0, 0.05) is 45.3 Å². The number of likely N-dealkylation sites (N-methyl/N-ethyl adjacent to an activating group) is 1. The number of piperazine rings is 1. The van der Waals surface area contributed by atoms with Crippen LogP contribution in [0.4, 0.5) is 0 Å². The highest BCUT2D eigenvalue weighted by molar-refractivity contribution is 7.89. The lowest BCUT2D eigenvalue weighted by Crippen LogP contribution is -2.52. The molecular weight excluding hydrogens is 298 g/mol. The Labute approximate surface area is 136 Å². The van der Waals surface area contributed by atoms with Crippen LogP contribution in [-0.4, -0.2) is 80.6 Å². The monoisotopic (exact) mass is 331 g/mol. The lowest BCUT2D eigenvalue weighted by molar-refractivity contribution is 0.0750. The van der Waals surface area contributed by atoms with Gasteiger partial charge in [0.1, 0.15) is 0 Å². The van der Waals surface area contributed by atoms with Crippen molar-refractivity contribution in [2.45, 2.75) is 45.6 Å². The lowest BCUT2D eigenvalue weighted by atomic mass is 9.96. The van der Waals surface area contributed by atoms with Crippen molar-refractivity contribution in [1.82, 2.24) is 14.1 Å². The Morgan fingerprint density at radius 3 is 2.36 bits per heavy atom. The van der Waals surface area contributed by atoms with Gasteiger partial charge in [0.2, 0.25) is 10.0 Å². The zero-order valence-corrected chi connectivity index (χ0v) is 15.3. The maximum absolute atomic E-state index is 12.2. The van der Waals surface area contributed by atoms with Crippen molar-refractivity contribution < 1.29 is 8.42 Å². The normalized spacial score (nSPS) is 27.3. The van der Waals surface area contributed by atoms with Crippen LogP contribution in [0.5, 0.6) is 0 Å². The molecule has 0 radical (unpaired) electrons. The Hall–Kier alpha value is -0.170. The number of hydrogen-bond acceptors (Lipinski definition) is 4. The van der Waals surface area contributed by atoms with Crippen LogP contribution in [0.1, 0.15) is 39.5 Å². The van der Waals surface area contributed by atoms with E-state index in [4.69, 9.17) is 0 Å². The fraction of sp³-hybridized carbons (Fsp3) is 1.00. The van der Waals surface area contributed by atoms with Crippen LogP contribution in [0.25, 0.3) is 0 Å². The predicted octanol–water partition coefficient (Wildman–Crippen LogP) is 1.46. The van der Waals surface area contributed by atoms with Gasteiger partial charge in [0.05, 0.1) is 5.75 Å². The summed E-state index contributed by atoms with van der Waals surface area (Å²) in [5.74, 6) is 0.979. The van der Waals surface area contributed by atoms with Gasteiger partial charge in [-0.2, -0.15) is 0 Å². The first-order valence-corrected chi connectivity index (χ1v) is 10.4. The molecule has 2 saturated heterocycles. The largest absolute Gasteiger partial charge is 0.304 e. The summed E-state index contributed by atoms with van der Waals surface area (Å²) in [7, 11) is -0.819. The molecule has 1 unspecified atom stereocenters. The second-order valence-electron chi connectivity index (χ2n) is 7.12. The molecule has 0 aliphatic carbocycles. The summed E-state index contributed by atoms with van der Waals surface area (Å²) in [6.45, 7) is 10.4. The Balaban J connectivity index is 1.77. The molecule has 1 atom stereocenters. The molecule has 0 N–H and O–H groups in total. The highest BCUT2D eigenvalue weighted by Gasteiger charge is 2.30. The molecule has 22 heavy (non-hydrogen) atoms. The molecule has 0 bridgehead atoms. The minimum atomic E-state index is -3.01. The van der Waals surface area contributed by atoms with E-state index in [0.717, 1.165) is 65.0 Å². The van der Waals surface area contributed by atoms with E-state index in [1.54, 1.807) is 4.31 Å². The van der Waals surface area contributed by atoms with E-state index in [0.29, 0.717) is 17.7 Å². The van der Waals surface area contributed by atoms with E-state index < -0.39 is 10.0 Å². The first-order valence-electron chi connectivity index (χ1n) is 8.82. The summed E-state index contributed by atoms with van der Waals surface area (Å²) in [4.78, 5) is 4.98. The topological polar surface area (TPSA) is 43.9 Å². The van der Waals surface area contributed by atoms with Crippen molar-refractivity contribution in [3.8, 4) is 0 Å². The molecular formula is C16H33N3O2S. The van der Waals surface area contributed by atoms with Crippen molar-refractivity contribution in [1.29, 1.82) is 0 Å². The van der Waals surface area contributed by atoms with Crippen LogP contribution in [0.2, 0.25) is 0 Å². The van der Waals surface area contributed by atoms with E-state index in [1.165, 1.54) is 0 Å². The molecule has 2 aliphatic rings. The third-order valence-electron chi connectivity index (χ3n) is 5.18. The zero-order valence-electron chi connectivity index (χ0n) is 14.5. The van der Waals surface area contributed by atoms with Crippen LogP contribution in [0, 0.1) is 5.92 Å². The smallest absolute Gasteiger partial charge is 0.214 e. The van der Waals surface area contributed by atoms with E-state index >= 15 is 0 Å². The molecule has 130 valence electrons. The first-order chi connectivity index (χ1) is 10.4. The zero-order chi connectivity index (χ0) is 16.2. The Kier molecular flexibility index (Phi) is 6.68. The van der Waals surface area contributed by atoms with E-state index in [1.807, 2.05) is 6.92 Å². The van der Waals surface area contributed by atoms with E-state index in [2.05, 4.69) is 23.8 Å². The maximum Gasteiger partial charge on any atom is 0.214 e. The molecule has 0 amide bonds. The number of piperidine rings is 1.